The Hall–Kier alpha value is -1.15. The third-order valence-electron chi connectivity index (χ3n) is 3.49. The fraction of sp³-hybridized carbons (Fsp3) is 0.692. The summed E-state index contributed by atoms with van der Waals surface area (Å²) in [5.74, 6) is 0. The lowest BCUT2D eigenvalue weighted by Gasteiger charge is -2.36. The van der Waals surface area contributed by atoms with Crippen molar-refractivity contribution in [2.24, 2.45) is 5.73 Å². The van der Waals surface area contributed by atoms with Crippen LogP contribution in [0, 0.1) is 0 Å². The van der Waals surface area contributed by atoms with Crippen molar-refractivity contribution in [1.29, 1.82) is 0 Å². The van der Waals surface area contributed by atoms with Gasteiger partial charge in [-0.05, 0) is 6.92 Å². The highest BCUT2D eigenvalue weighted by Crippen LogP contribution is 2.23. The summed E-state index contributed by atoms with van der Waals surface area (Å²) in [6.07, 6.45) is 1.54. The third-order valence-corrected chi connectivity index (χ3v) is 3.85. The molecule has 0 saturated carbocycles. The van der Waals surface area contributed by atoms with Crippen molar-refractivity contribution < 1.29 is 9.47 Å². The van der Waals surface area contributed by atoms with Crippen LogP contribution in [0.25, 0.3) is 0 Å². The van der Waals surface area contributed by atoms with Crippen LogP contribution in [0.1, 0.15) is 6.92 Å². The van der Waals surface area contributed by atoms with Gasteiger partial charge in [0.1, 0.15) is 5.02 Å². The molecule has 2 heterocycles. The maximum absolute atomic E-state index is 12.2. The van der Waals surface area contributed by atoms with Gasteiger partial charge in [-0.1, -0.05) is 11.6 Å². The Morgan fingerprint density at radius 1 is 1.67 bits per heavy atom. The number of aromatic nitrogens is 2. The summed E-state index contributed by atoms with van der Waals surface area (Å²) in [4.78, 5) is 14.2. The van der Waals surface area contributed by atoms with E-state index in [1.165, 1.54) is 4.68 Å². The second-order valence-corrected chi connectivity index (χ2v) is 5.46. The highest BCUT2D eigenvalue weighted by molar-refractivity contribution is 6.33. The molecule has 2 unspecified atom stereocenters. The number of rotatable bonds is 5. The largest absolute Gasteiger partial charge is 0.383 e. The average Bonchev–Trinajstić information content (AvgIpc) is 2.49. The molecular formula is C13H21ClN4O3. The minimum absolute atomic E-state index is 0.0780. The first-order chi connectivity index (χ1) is 10.0. The zero-order valence-corrected chi connectivity index (χ0v) is 13.0. The van der Waals surface area contributed by atoms with E-state index in [9.17, 15) is 4.79 Å². The van der Waals surface area contributed by atoms with Crippen LogP contribution in [-0.4, -0.2) is 55.3 Å². The number of ether oxygens (including phenoxy) is 2. The molecule has 118 valence electrons. The van der Waals surface area contributed by atoms with Gasteiger partial charge in [0.25, 0.3) is 5.56 Å². The first-order valence-corrected chi connectivity index (χ1v) is 7.29. The van der Waals surface area contributed by atoms with E-state index in [0.29, 0.717) is 38.5 Å². The Kier molecular flexibility index (Phi) is 5.58. The van der Waals surface area contributed by atoms with Crippen molar-refractivity contribution in [2.45, 2.75) is 25.6 Å². The number of halogens is 1. The molecule has 2 rings (SSSR count). The van der Waals surface area contributed by atoms with E-state index in [1.54, 1.807) is 13.3 Å². The lowest BCUT2D eigenvalue weighted by molar-refractivity contribution is 0.0275. The van der Waals surface area contributed by atoms with E-state index in [2.05, 4.69) is 5.10 Å². The number of methoxy groups -OCH3 is 1. The topological polar surface area (TPSA) is 82.6 Å². The second kappa shape index (κ2) is 7.22. The molecule has 2 atom stereocenters. The zero-order valence-electron chi connectivity index (χ0n) is 12.3. The Bertz CT molecular complexity index is 535. The first kappa shape index (κ1) is 16.2. The molecule has 21 heavy (non-hydrogen) atoms. The van der Waals surface area contributed by atoms with Gasteiger partial charge in [-0.25, -0.2) is 4.68 Å². The van der Waals surface area contributed by atoms with Crippen LogP contribution in [0.5, 0.6) is 0 Å². The standard InChI is InChI=1S/C13H21ClN4O3/c1-9(15)11-8-17(3-6-21-11)10-7-16-18(4-5-20-2)13(19)12(10)14/h7,9,11H,3-6,8,15H2,1-2H3. The quantitative estimate of drug-likeness (QED) is 0.829. The summed E-state index contributed by atoms with van der Waals surface area (Å²) in [5, 5.41) is 4.32. The SMILES string of the molecule is COCCn1ncc(N2CCOC(C(C)N)C2)c(Cl)c1=O. The van der Waals surface area contributed by atoms with Crippen molar-refractivity contribution in [3.8, 4) is 0 Å². The van der Waals surface area contributed by atoms with Gasteiger partial charge in [0, 0.05) is 26.2 Å². The molecule has 0 aliphatic carbocycles. The number of nitrogens with two attached hydrogens (primary N) is 1. The van der Waals surface area contributed by atoms with Crippen LogP contribution in [0.3, 0.4) is 0 Å². The van der Waals surface area contributed by atoms with E-state index < -0.39 is 0 Å². The molecule has 1 aromatic rings. The van der Waals surface area contributed by atoms with Gasteiger partial charge in [0.2, 0.25) is 0 Å². The van der Waals surface area contributed by atoms with Crippen LogP contribution in [0.4, 0.5) is 5.69 Å². The van der Waals surface area contributed by atoms with Crippen LogP contribution in [-0.2, 0) is 16.0 Å². The number of hydrogen-bond acceptors (Lipinski definition) is 6. The summed E-state index contributed by atoms with van der Waals surface area (Å²) in [6, 6.07) is -0.0818. The predicted molar refractivity (Wildman–Crippen MR) is 81.0 cm³/mol. The minimum Gasteiger partial charge on any atom is -0.383 e. The van der Waals surface area contributed by atoms with Gasteiger partial charge in [-0.2, -0.15) is 5.10 Å². The molecule has 0 aromatic carbocycles. The molecule has 1 aliphatic heterocycles. The maximum Gasteiger partial charge on any atom is 0.287 e. The van der Waals surface area contributed by atoms with E-state index in [4.69, 9.17) is 26.8 Å². The maximum atomic E-state index is 12.2. The summed E-state index contributed by atoms with van der Waals surface area (Å²) in [6.45, 7) is 4.49. The Morgan fingerprint density at radius 3 is 3.10 bits per heavy atom. The molecule has 1 fully saturated rings. The molecule has 7 nitrogen and oxygen atoms in total. The number of nitrogens with zero attached hydrogens (tertiary/aromatic N) is 3. The molecule has 0 bridgehead atoms. The Morgan fingerprint density at radius 2 is 2.43 bits per heavy atom. The zero-order chi connectivity index (χ0) is 15.4. The van der Waals surface area contributed by atoms with Gasteiger partial charge < -0.3 is 20.1 Å². The Balaban J connectivity index is 2.20. The van der Waals surface area contributed by atoms with E-state index in [1.807, 2.05) is 11.8 Å². The lowest BCUT2D eigenvalue weighted by Crippen LogP contribution is -2.50. The fourth-order valence-corrected chi connectivity index (χ4v) is 2.49. The number of anilines is 1. The molecule has 2 N–H and O–H groups in total. The van der Waals surface area contributed by atoms with Crippen molar-refractivity contribution in [2.75, 3.05) is 38.3 Å². The lowest BCUT2D eigenvalue weighted by atomic mass is 10.1. The third kappa shape index (κ3) is 3.74. The van der Waals surface area contributed by atoms with Gasteiger partial charge in [0.15, 0.2) is 0 Å². The van der Waals surface area contributed by atoms with Crippen LogP contribution >= 0.6 is 11.6 Å². The van der Waals surface area contributed by atoms with Gasteiger partial charge in [-0.3, -0.25) is 4.79 Å². The average molecular weight is 317 g/mol. The predicted octanol–water partition coefficient (Wildman–Crippen LogP) is 0.0955. The highest BCUT2D eigenvalue weighted by atomic mass is 35.5. The molecule has 0 amide bonds. The molecule has 8 heteroatoms. The summed E-state index contributed by atoms with van der Waals surface area (Å²) in [5.41, 5.74) is 6.19. The van der Waals surface area contributed by atoms with Crippen molar-refractivity contribution in [1.82, 2.24) is 9.78 Å². The number of morpholine rings is 1. The fourth-order valence-electron chi connectivity index (χ4n) is 2.23. The molecule has 1 aromatic heterocycles. The smallest absolute Gasteiger partial charge is 0.287 e. The van der Waals surface area contributed by atoms with Crippen LogP contribution < -0.4 is 16.2 Å². The Labute approximate surface area is 128 Å². The van der Waals surface area contributed by atoms with Crippen LogP contribution in [0.15, 0.2) is 11.0 Å². The van der Waals surface area contributed by atoms with E-state index in [-0.39, 0.29) is 22.7 Å². The highest BCUT2D eigenvalue weighted by Gasteiger charge is 2.26. The first-order valence-electron chi connectivity index (χ1n) is 6.91. The number of hydrogen-bond donors (Lipinski definition) is 1. The van der Waals surface area contributed by atoms with Crippen molar-refractivity contribution in [3.05, 3.63) is 21.6 Å². The summed E-state index contributed by atoms with van der Waals surface area (Å²) in [7, 11) is 1.57. The minimum atomic E-state index is -0.310. The van der Waals surface area contributed by atoms with Gasteiger partial charge in [-0.15, -0.1) is 0 Å². The molecule has 1 aliphatic rings. The molecule has 0 spiro atoms. The van der Waals surface area contributed by atoms with Gasteiger partial charge in [0.05, 0.1) is 37.7 Å². The van der Waals surface area contributed by atoms with E-state index >= 15 is 0 Å². The monoisotopic (exact) mass is 316 g/mol. The molecular weight excluding hydrogens is 296 g/mol. The second-order valence-electron chi connectivity index (χ2n) is 5.08. The summed E-state index contributed by atoms with van der Waals surface area (Å²) < 4.78 is 11.9. The summed E-state index contributed by atoms with van der Waals surface area (Å²) >= 11 is 6.21. The van der Waals surface area contributed by atoms with Crippen LogP contribution in [0.2, 0.25) is 5.02 Å². The normalized spacial score (nSPS) is 20.6. The molecule has 0 radical (unpaired) electrons. The van der Waals surface area contributed by atoms with E-state index in [0.717, 1.165) is 0 Å². The van der Waals surface area contributed by atoms with Crippen molar-refractivity contribution >= 4 is 17.3 Å². The van der Waals surface area contributed by atoms with Crippen molar-refractivity contribution in [3.63, 3.8) is 0 Å². The molecule has 1 saturated heterocycles. The van der Waals surface area contributed by atoms with Gasteiger partial charge >= 0.3 is 0 Å².